The molecule has 1 saturated heterocycles. The van der Waals surface area contributed by atoms with Crippen LogP contribution in [0.2, 0.25) is 0 Å². The first kappa shape index (κ1) is 21.9. The number of carbonyl (C=O) groups excluding carboxylic acids is 3. The molecule has 5 rings (SSSR count). The summed E-state index contributed by atoms with van der Waals surface area (Å²) < 4.78 is 12.8. The molecule has 0 aromatic carbocycles. The van der Waals surface area contributed by atoms with E-state index in [1.54, 1.807) is 6.92 Å². The number of halogens is 1. The van der Waals surface area contributed by atoms with E-state index >= 15 is 0 Å². The molecule has 5 nitrogen and oxygen atoms in total. The fourth-order valence-electron chi connectivity index (χ4n) is 9.04. The Bertz CT molecular complexity index is 842. The van der Waals surface area contributed by atoms with Gasteiger partial charge in [-0.15, -0.1) is 11.6 Å². The van der Waals surface area contributed by atoms with Crippen LogP contribution in [-0.2, 0) is 23.9 Å². The number of ether oxygens (including phenoxy) is 2. The Morgan fingerprint density at radius 3 is 2.61 bits per heavy atom. The van der Waals surface area contributed by atoms with Crippen LogP contribution in [-0.4, -0.2) is 40.7 Å². The molecule has 4 saturated carbocycles. The van der Waals surface area contributed by atoms with Gasteiger partial charge in [-0.2, -0.15) is 0 Å². The van der Waals surface area contributed by atoms with Crippen molar-refractivity contribution in [3.63, 3.8) is 0 Å². The summed E-state index contributed by atoms with van der Waals surface area (Å²) in [4.78, 5) is 38.1. The lowest BCUT2D eigenvalue weighted by Crippen LogP contribution is -2.64. The van der Waals surface area contributed by atoms with E-state index in [-0.39, 0.29) is 53.0 Å². The zero-order chi connectivity index (χ0) is 22.4. The van der Waals surface area contributed by atoms with Crippen molar-refractivity contribution in [3.8, 4) is 0 Å². The van der Waals surface area contributed by atoms with E-state index in [0.29, 0.717) is 36.9 Å². The molecule has 9 atom stereocenters. The third-order valence-electron chi connectivity index (χ3n) is 10.5. The normalized spacial score (nSPS) is 52.4. The Morgan fingerprint density at radius 1 is 1.19 bits per heavy atom. The molecule has 0 N–H and O–H groups in total. The largest absolute Gasteiger partial charge is 0.450 e. The molecule has 5 fully saturated rings. The predicted molar refractivity (Wildman–Crippen MR) is 116 cm³/mol. The van der Waals surface area contributed by atoms with Gasteiger partial charge >= 0.3 is 5.97 Å². The van der Waals surface area contributed by atoms with Gasteiger partial charge < -0.3 is 9.47 Å². The van der Waals surface area contributed by atoms with Crippen molar-refractivity contribution in [1.29, 1.82) is 0 Å². The Balaban J connectivity index is 1.57. The van der Waals surface area contributed by atoms with Gasteiger partial charge in [0, 0.05) is 36.0 Å². The molecule has 1 spiro atoms. The molecule has 0 amide bonds. The highest BCUT2D eigenvalue weighted by molar-refractivity contribution is 6.29. The zero-order valence-electron chi connectivity index (χ0n) is 19.2. The summed E-state index contributed by atoms with van der Waals surface area (Å²) in [7, 11) is 0. The fraction of sp³-hybridized carbons (Fsp3) is 0.880. The predicted octanol–water partition coefficient (Wildman–Crippen LogP) is 4.48. The van der Waals surface area contributed by atoms with Gasteiger partial charge in [-0.3, -0.25) is 14.4 Å². The maximum atomic E-state index is 13.4. The monoisotopic (exact) mass is 450 g/mol. The maximum absolute atomic E-state index is 13.4. The van der Waals surface area contributed by atoms with E-state index in [1.807, 2.05) is 0 Å². The molecule has 1 heterocycles. The van der Waals surface area contributed by atoms with Crippen molar-refractivity contribution in [1.82, 2.24) is 0 Å². The van der Waals surface area contributed by atoms with Gasteiger partial charge in [0.25, 0.3) is 0 Å². The van der Waals surface area contributed by atoms with Crippen molar-refractivity contribution >= 4 is 29.1 Å². The minimum atomic E-state index is -1.18. The number of hydrogen-bond donors (Lipinski definition) is 0. The second-order valence-corrected chi connectivity index (χ2v) is 11.7. The van der Waals surface area contributed by atoms with Crippen molar-refractivity contribution in [3.05, 3.63) is 0 Å². The summed E-state index contributed by atoms with van der Waals surface area (Å²) in [5.74, 6) is 0.650. The Morgan fingerprint density at radius 2 is 1.94 bits per heavy atom. The first-order valence-electron chi connectivity index (χ1n) is 12.1. The number of fused-ring (bicyclic) bond motifs is 3. The van der Waals surface area contributed by atoms with E-state index < -0.39 is 11.0 Å². The smallest absolute Gasteiger partial charge is 0.306 e. The quantitative estimate of drug-likeness (QED) is 0.359. The van der Waals surface area contributed by atoms with Gasteiger partial charge in [0.15, 0.2) is 11.4 Å². The summed E-state index contributed by atoms with van der Waals surface area (Å²) in [6.07, 6.45) is 6.16. The third kappa shape index (κ3) is 2.46. The number of carbonyl (C=O) groups is 3. The van der Waals surface area contributed by atoms with Crippen LogP contribution in [0.4, 0.5) is 0 Å². The van der Waals surface area contributed by atoms with Crippen molar-refractivity contribution in [2.24, 2.45) is 34.5 Å². The number of epoxide rings is 1. The number of esters is 1. The summed E-state index contributed by atoms with van der Waals surface area (Å²) in [5.41, 5.74) is -1.83. The van der Waals surface area contributed by atoms with Crippen LogP contribution in [0.15, 0.2) is 0 Å². The van der Waals surface area contributed by atoms with Crippen molar-refractivity contribution in [2.45, 2.75) is 96.4 Å². The van der Waals surface area contributed by atoms with Crippen molar-refractivity contribution < 1.29 is 23.9 Å². The molecule has 4 aliphatic carbocycles. The minimum absolute atomic E-state index is 0.0148. The molecular formula is C25H35ClO5. The molecule has 0 aromatic heterocycles. The van der Waals surface area contributed by atoms with Crippen molar-refractivity contribution in [2.75, 3.05) is 5.88 Å². The van der Waals surface area contributed by atoms with E-state index in [2.05, 4.69) is 20.8 Å². The number of rotatable bonds is 4. The lowest BCUT2D eigenvalue weighted by molar-refractivity contribution is -0.193. The molecule has 1 aliphatic heterocycles. The molecular weight excluding hydrogens is 416 g/mol. The number of Topliss-reactive ketones (excluding diaryl/α,β-unsaturated/α-hetero) is 2. The van der Waals surface area contributed by atoms with Crippen LogP contribution in [0.25, 0.3) is 0 Å². The Kier molecular flexibility index (Phi) is 4.79. The van der Waals surface area contributed by atoms with Gasteiger partial charge in [-0.25, -0.2) is 0 Å². The first-order valence-corrected chi connectivity index (χ1v) is 12.6. The molecule has 172 valence electrons. The molecule has 0 radical (unpaired) electrons. The fourth-order valence-corrected chi connectivity index (χ4v) is 9.24. The van der Waals surface area contributed by atoms with E-state index in [4.69, 9.17) is 21.1 Å². The summed E-state index contributed by atoms with van der Waals surface area (Å²) in [6, 6.07) is 0. The van der Waals surface area contributed by atoms with Crippen LogP contribution < -0.4 is 0 Å². The standard InChI is InChI=1S/C25H35ClO5/c1-5-21(29)31-24(19(28)13-26)14(2)10-18-17-7-6-15-11-16(27)8-9-22(15,3)25(17)20(30-25)12-23(18,24)4/h14-15,17-18,20H,5-13H2,1-4H3/t14-,15-,17+,18+,20?,22+,23+,24-,25?/m1/s1. The molecule has 0 aromatic rings. The molecule has 6 heteroatoms. The van der Waals surface area contributed by atoms with Crippen LogP contribution in [0.1, 0.15) is 79.1 Å². The summed E-state index contributed by atoms with van der Waals surface area (Å²) in [6.45, 7) is 8.33. The second-order valence-electron chi connectivity index (χ2n) is 11.4. The summed E-state index contributed by atoms with van der Waals surface area (Å²) >= 11 is 6.11. The van der Waals surface area contributed by atoms with Gasteiger partial charge in [0.05, 0.1) is 12.0 Å². The van der Waals surface area contributed by atoms with Crippen LogP contribution in [0.5, 0.6) is 0 Å². The van der Waals surface area contributed by atoms with Crippen LogP contribution in [0.3, 0.4) is 0 Å². The molecule has 31 heavy (non-hydrogen) atoms. The highest BCUT2D eigenvalue weighted by atomic mass is 35.5. The van der Waals surface area contributed by atoms with Gasteiger partial charge in [-0.1, -0.05) is 27.7 Å². The highest BCUT2D eigenvalue weighted by Crippen LogP contribution is 2.77. The number of hydrogen-bond acceptors (Lipinski definition) is 5. The molecule has 2 unspecified atom stereocenters. The zero-order valence-corrected chi connectivity index (χ0v) is 19.9. The van der Waals surface area contributed by atoms with Gasteiger partial charge in [0.2, 0.25) is 0 Å². The van der Waals surface area contributed by atoms with Gasteiger partial charge in [0.1, 0.15) is 11.4 Å². The van der Waals surface area contributed by atoms with Crippen LogP contribution >= 0.6 is 11.6 Å². The highest BCUT2D eigenvalue weighted by Gasteiger charge is 2.83. The lowest BCUT2D eigenvalue weighted by Gasteiger charge is -2.59. The Hall–Kier alpha value is -0.940. The molecule has 0 bridgehead atoms. The van der Waals surface area contributed by atoms with E-state index in [0.717, 1.165) is 25.7 Å². The average Bonchev–Trinajstić information content (AvgIpc) is 3.41. The second kappa shape index (κ2) is 6.79. The van der Waals surface area contributed by atoms with E-state index in [1.165, 1.54) is 0 Å². The minimum Gasteiger partial charge on any atom is -0.450 e. The van der Waals surface area contributed by atoms with E-state index in [9.17, 15) is 14.4 Å². The Labute approximate surface area is 189 Å². The number of alkyl halides is 1. The first-order chi connectivity index (χ1) is 14.6. The lowest BCUT2D eigenvalue weighted by atomic mass is 9.44. The number of ketones is 2. The van der Waals surface area contributed by atoms with Crippen LogP contribution in [0, 0.1) is 34.5 Å². The SMILES string of the molecule is CCC(=O)O[C@@]1(C(=O)CCl)[C@H](C)C[C@H]2[C@@H]3CC[C@@H]4CC(=O)CC[C@]4(C)C34OC4C[C@@]21C. The average molecular weight is 451 g/mol. The molecule has 5 aliphatic rings. The maximum Gasteiger partial charge on any atom is 0.306 e. The van der Waals surface area contributed by atoms with Gasteiger partial charge in [-0.05, 0) is 49.9 Å². The third-order valence-corrected chi connectivity index (χ3v) is 10.7. The summed E-state index contributed by atoms with van der Waals surface area (Å²) in [5, 5.41) is 0. The topological polar surface area (TPSA) is 73.0 Å².